The summed E-state index contributed by atoms with van der Waals surface area (Å²) in [7, 11) is 0. The zero-order valence-electron chi connectivity index (χ0n) is 24.2. The van der Waals surface area contributed by atoms with Gasteiger partial charge in [-0.25, -0.2) is 14.8 Å². The summed E-state index contributed by atoms with van der Waals surface area (Å²) in [5, 5.41) is 5.96. The quantitative estimate of drug-likeness (QED) is 0.298. The minimum absolute atomic E-state index is 0.0399. The lowest BCUT2D eigenvalue weighted by molar-refractivity contribution is -0.137. The van der Waals surface area contributed by atoms with Gasteiger partial charge in [0.2, 0.25) is 0 Å². The minimum Gasteiger partial charge on any atom is -0.493 e. The van der Waals surface area contributed by atoms with Gasteiger partial charge < -0.3 is 25.1 Å². The molecular formula is C30H36F3N5O4. The maximum atomic E-state index is 13.6. The number of aromatic nitrogens is 3. The van der Waals surface area contributed by atoms with Crippen LogP contribution in [0, 0.1) is 12.8 Å². The number of nitrogens with one attached hydrogen (secondary N) is 3. The molecule has 2 amide bonds. The van der Waals surface area contributed by atoms with Crippen molar-refractivity contribution >= 4 is 23.0 Å². The van der Waals surface area contributed by atoms with E-state index in [2.05, 4.69) is 25.6 Å². The summed E-state index contributed by atoms with van der Waals surface area (Å²) in [5.41, 5.74) is 0.534. The fraction of sp³-hybridized carbons (Fsp3) is 0.533. The van der Waals surface area contributed by atoms with Crippen LogP contribution in [0.2, 0.25) is 0 Å². The molecule has 2 fully saturated rings. The molecule has 3 aromatic rings. The highest BCUT2D eigenvalue weighted by molar-refractivity contribution is 6.09. The van der Waals surface area contributed by atoms with Gasteiger partial charge in [0.05, 0.1) is 23.3 Å². The molecule has 2 heterocycles. The second-order valence-electron chi connectivity index (χ2n) is 12.2. The maximum Gasteiger partial charge on any atom is 0.416 e. The molecule has 12 heteroatoms. The topological polar surface area (TPSA) is 118 Å². The molecule has 1 aromatic carbocycles. The number of amides is 2. The standard InChI is InChI=1S/C30H36F3N5O4/c1-16-23(27(39)37-19-8-10-20(11-9-19)38-28(40)42-29(2,3)4)25-26(36-16)24(34-15-35-25)21-13-18(30(31,32)33)7-12-22(21)41-14-17-5-6-17/h7,12-13,15,17,19-20,36H,5-6,8-11,14H2,1-4H3,(H,37,39)(H,38,40). The van der Waals surface area contributed by atoms with E-state index in [1.807, 2.05) is 0 Å². The fourth-order valence-electron chi connectivity index (χ4n) is 5.23. The Kier molecular flexibility index (Phi) is 8.08. The van der Waals surface area contributed by atoms with Gasteiger partial charge in [0.25, 0.3) is 5.91 Å². The Balaban J connectivity index is 1.35. The second-order valence-corrected chi connectivity index (χ2v) is 12.2. The molecule has 2 aromatic heterocycles. The molecule has 0 saturated heterocycles. The van der Waals surface area contributed by atoms with Crippen LogP contribution in [0.25, 0.3) is 22.3 Å². The van der Waals surface area contributed by atoms with E-state index < -0.39 is 23.4 Å². The lowest BCUT2D eigenvalue weighted by Crippen LogP contribution is -2.45. The number of aryl methyl sites for hydroxylation is 1. The Morgan fingerprint density at radius 1 is 1.00 bits per heavy atom. The zero-order chi connectivity index (χ0) is 30.2. The van der Waals surface area contributed by atoms with E-state index in [9.17, 15) is 22.8 Å². The number of benzene rings is 1. The van der Waals surface area contributed by atoms with Crippen molar-refractivity contribution in [1.82, 2.24) is 25.6 Å². The number of aromatic amines is 1. The zero-order valence-corrected chi connectivity index (χ0v) is 24.2. The van der Waals surface area contributed by atoms with E-state index >= 15 is 0 Å². The first-order valence-corrected chi connectivity index (χ1v) is 14.3. The second kappa shape index (κ2) is 11.4. The van der Waals surface area contributed by atoms with Crippen molar-refractivity contribution in [2.24, 2.45) is 5.92 Å². The summed E-state index contributed by atoms with van der Waals surface area (Å²) in [6.07, 6.45) is 1.01. The van der Waals surface area contributed by atoms with Gasteiger partial charge in [-0.2, -0.15) is 13.2 Å². The van der Waals surface area contributed by atoms with Crippen LogP contribution in [0.4, 0.5) is 18.0 Å². The van der Waals surface area contributed by atoms with Gasteiger partial charge in [-0.1, -0.05) is 0 Å². The molecule has 2 aliphatic carbocycles. The number of nitrogens with zero attached hydrogens (tertiary/aromatic N) is 2. The number of carbonyl (C=O) groups excluding carboxylic acids is 2. The average Bonchev–Trinajstić information content (AvgIpc) is 3.66. The van der Waals surface area contributed by atoms with Crippen molar-refractivity contribution in [3.8, 4) is 17.0 Å². The molecule has 0 aliphatic heterocycles. The van der Waals surface area contributed by atoms with Crippen LogP contribution in [-0.2, 0) is 10.9 Å². The van der Waals surface area contributed by atoms with Gasteiger partial charge in [0.15, 0.2) is 0 Å². The number of rotatable bonds is 7. The number of alkyl carbamates (subject to hydrolysis) is 1. The highest BCUT2D eigenvalue weighted by Gasteiger charge is 2.33. The van der Waals surface area contributed by atoms with Gasteiger partial charge in [0, 0.05) is 23.3 Å². The first-order chi connectivity index (χ1) is 19.8. The summed E-state index contributed by atoms with van der Waals surface area (Å²) in [5.74, 6) is 0.364. The molecule has 226 valence electrons. The summed E-state index contributed by atoms with van der Waals surface area (Å²) in [6.45, 7) is 7.56. The van der Waals surface area contributed by atoms with Crippen LogP contribution in [0.3, 0.4) is 0 Å². The monoisotopic (exact) mass is 587 g/mol. The molecular weight excluding hydrogens is 551 g/mol. The number of H-pyrrole nitrogens is 1. The number of carbonyl (C=O) groups is 2. The van der Waals surface area contributed by atoms with Crippen molar-refractivity contribution in [1.29, 1.82) is 0 Å². The van der Waals surface area contributed by atoms with Crippen LogP contribution in [0.1, 0.15) is 80.9 Å². The van der Waals surface area contributed by atoms with E-state index in [1.54, 1.807) is 27.7 Å². The number of halogens is 3. The molecule has 0 radical (unpaired) electrons. The van der Waals surface area contributed by atoms with Crippen molar-refractivity contribution in [3.05, 3.63) is 41.3 Å². The molecule has 2 saturated carbocycles. The third kappa shape index (κ3) is 6.96. The minimum atomic E-state index is -4.55. The van der Waals surface area contributed by atoms with Crippen molar-refractivity contribution in [2.45, 2.75) is 90.1 Å². The number of alkyl halides is 3. The largest absolute Gasteiger partial charge is 0.493 e. The number of hydrogen-bond donors (Lipinski definition) is 3. The van der Waals surface area contributed by atoms with E-state index in [4.69, 9.17) is 9.47 Å². The lowest BCUT2D eigenvalue weighted by Gasteiger charge is -2.30. The molecule has 9 nitrogen and oxygen atoms in total. The van der Waals surface area contributed by atoms with E-state index in [-0.39, 0.29) is 29.2 Å². The van der Waals surface area contributed by atoms with Crippen molar-refractivity contribution in [3.63, 3.8) is 0 Å². The van der Waals surface area contributed by atoms with Crippen LogP contribution in [-0.4, -0.2) is 51.2 Å². The van der Waals surface area contributed by atoms with Gasteiger partial charge in [-0.05, 0) is 90.3 Å². The highest BCUT2D eigenvalue weighted by Crippen LogP contribution is 2.40. The smallest absolute Gasteiger partial charge is 0.416 e. The predicted molar refractivity (Wildman–Crippen MR) is 150 cm³/mol. The third-order valence-electron chi connectivity index (χ3n) is 7.52. The molecule has 3 N–H and O–H groups in total. The highest BCUT2D eigenvalue weighted by atomic mass is 19.4. The van der Waals surface area contributed by atoms with Gasteiger partial charge in [0.1, 0.15) is 28.9 Å². The molecule has 5 rings (SSSR count). The maximum absolute atomic E-state index is 13.6. The summed E-state index contributed by atoms with van der Waals surface area (Å²) < 4.78 is 52.2. The molecule has 42 heavy (non-hydrogen) atoms. The molecule has 2 aliphatic rings. The van der Waals surface area contributed by atoms with Gasteiger partial charge >= 0.3 is 12.3 Å². The average molecular weight is 588 g/mol. The summed E-state index contributed by atoms with van der Waals surface area (Å²) >= 11 is 0. The molecule has 0 unspecified atom stereocenters. The Labute approximate surface area is 242 Å². The third-order valence-corrected chi connectivity index (χ3v) is 7.52. The van der Waals surface area contributed by atoms with Gasteiger partial charge in [-0.3, -0.25) is 4.79 Å². The Hall–Kier alpha value is -3.83. The number of fused-ring (bicyclic) bond motifs is 1. The van der Waals surface area contributed by atoms with Crippen molar-refractivity contribution < 1.29 is 32.2 Å². The molecule has 0 atom stereocenters. The molecule has 0 spiro atoms. The first-order valence-electron chi connectivity index (χ1n) is 14.3. The van der Waals surface area contributed by atoms with Crippen LogP contribution < -0.4 is 15.4 Å². The summed E-state index contributed by atoms with van der Waals surface area (Å²) in [6, 6.07) is 3.21. The first kappa shape index (κ1) is 29.7. The predicted octanol–water partition coefficient (Wildman–Crippen LogP) is 6.31. The van der Waals surface area contributed by atoms with Gasteiger partial charge in [-0.15, -0.1) is 0 Å². The lowest BCUT2D eigenvalue weighted by atomic mass is 9.91. The Morgan fingerprint density at radius 2 is 1.67 bits per heavy atom. The van der Waals surface area contributed by atoms with E-state index in [0.717, 1.165) is 25.0 Å². The fourth-order valence-corrected chi connectivity index (χ4v) is 5.23. The van der Waals surface area contributed by atoms with Crippen LogP contribution >= 0.6 is 0 Å². The number of ether oxygens (including phenoxy) is 2. The van der Waals surface area contributed by atoms with E-state index in [1.165, 1.54) is 12.4 Å². The molecule has 0 bridgehead atoms. The van der Waals surface area contributed by atoms with Crippen LogP contribution in [0.15, 0.2) is 24.5 Å². The normalized spacial score (nSPS) is 19.4. The summed E-state index contributed by atoms with van der Waals surface area (Å²) in [4.78, 5) is 37.4. The Bertz CT molecular complexity index is 1470. The Morgan fingerprint density at radius 3 is 2.29 bits per heavy atom. The SMILES string of the molecule is Cc1[nH]c2c(-c3cc(C(F)(F)F)ccc3OCC3CC3)ncnc2c1C(=O)NC1CCC(NC(=O)OC(C)(C)C)CC1. The van der Waals surface area contributed by atoms with Crippen molar-refractivity contribution in [2.75, 3.05) is 6.61 Å². The number of hydrogen-bond acceptors (Lipinski definition) is 6. The van der Waals surface area contributed by atoms with E-state index in [0.29, 0.717) is 66.2 Å². The van der Waals surface area contributed by atoms with Crippen LogP contribution in [0.5, 0.6) is 5.75 Å².